The number of fused-ring (bicyclic) bond motifs is 1. The fourth-order valence-electron chi connectivity index (χ4n) is 2.64. The smallest absolute Gasteiger partial charge is 0.161 e. The minimum atomic E-state index is 0.213. The Bertz CT molecular complexity index is 924. The molecule has 0 aliphatic heterocycles. The van der Waals surface area contributed by atoms with Gasteiger partial charge in [0.1, 0.15) is 12.9 Å². The molecule has 0 spiro atoms. The van der Waals surface area contributed by atoms with Crippen LogP contribution in [0, 0.1) is 6.92 Å². The topological polar surface area (TPSA) is 48.4 Å². The number of halogens is 1. The van der Waals surface area contributed by atoms with E-state index in [-0.39, 0.29) is 6.61 Å². The lowest BCUT2D eigenvalue weighted by molar-refractivity contribution is 0.112. The molecule has 3 rings (SSSR count). The van der Waals surface area contributed by atoms with Crippen LogP contribution in [0.15, 0.2) is 42.5 Å². The standard InChI is InChI=1S/C20H18ClNO3/c1-3-24-19-10-14(11-23)8-9-18(19)25-12-17-20(21)13(2)15-6-4-5-7-16(15)22-17/h4-11H,3,12H2,1-2H3. The molecule has 0 saturated carbocycles. The molecular weight excluding hydrogens is 338 g/mol. The minimum Gasteiger partial charge on any atom is -0.490 e. The van der Waals surface area contributed by atoms with Gasteiger partial charge in [0.2, 0.25) is 0 Å². The highest BCUT2D eigenvalue weighted by Crippen LogP contribution is 2.31. The Morgan fingerprint density at radius 2 is 1.92 bits per heavy atom. The minimum absolute atomic E-state index is 0.213. The molecule has 0 bridgehead atoms. The average molecular weight is 356 g/mol. The number of ether oxygens (including phenoxy) is 2. The summed E-state index contributed by atoms with van der Waals surface area (Å²) in [4.78, 5) is 15.5. The monoisotopic (exact) mass is 355 g/mol. The largest absolute Gasteiger partial charge is 0.490 e. The molecule has 0 saturated heterocycles. The second kappa shape index (κ2) is 7.53. The van der Waals surface area contributed by atoms with Crippen molar-refractivity contribution in [2.24, 2.45) is 0 Å². The molecule has 4 nitrogen and oxygen atoms in total. The predicted octanol–water partition coefficient (Wildman–Crippen LogP) is 4.99. The maximum atomic E-state index is 10.9. The maximum Gasteiger partial charge on any atom is 0.161 e. The van der Waals surface area contributed by atoms with Gasteiger partial charge in [-0.2, -0.15) is 0 Å². The number of aromatic nitrogens is 1. The molecule has 0 radical (unpaired) electrons. The second-order valence-corrected chi connectivity index (χ2v) is 5.94. The van der Waals surface area contributed by atoms with Gasteiger partial charge in [0.25, 0.3) is 0 Å². The van der Waals surface area contributed by atoms with Crippen molar-refractivity contribution in [2.75, 3.05) is 6.61 Å². The van der Waals surface area contributed by atoms with Gasteiger partial charge in [0, 0.05) is 10.9 Å². The van der Waals surface area contributed by atoms with Gasteiger partial charge in [-0.1, -0.05) is 29.8 Å². The zero-order valence-corrected chi connectivity index (χ0v) is 14.8. The SMILES string of the molecule is CCOc1cc(C=O)ccc1OCc1nc2ccccc2c(C)c1Cl. The van der Waals surface area contributed by atoms with Gasteiger partial charge in [0.15, 0.2) is 11.5 Å². The van der Waals surface area contributed by atoms with E-state index in [0.29, 0.717) is 34.4 Å². The first-order valence-electron chi connectivity index (χ1n) is 8.02. The molecule has 128 valence electrons. The van der Waals surface area contributed by atoms with Crippen molar-refractivity contribution in [3.8, 4) is 11.5 Å². The van der Waals surface area contributed by atoms with E-state index in [1.165, 1.54) is 0 Å². The van der Waals surface area contributed by atoms with Crippen molar-refractivity contribution >= 4 is 28.8 Å². The fourth-order valence-corrected chi connectivity index (χ4v) is 2.84. The van der Waals surface area contributed by atoms with E-state index >= 15 is 0 Å². The normalized spacial score (nSPS) is 10.7. The number of pyridine rings is 1. The van der Waals surface area contributed by atoms with Gasteiger partial charge in [-0.25, -0.2) is 4.98 Å². The van der Waals surface area contributed by atoms with E-state index in [2.05, 4.69) is 4.98 Å². The van der Waals surface area contributed by atoms with E-state index in [0.717, 1.165) is 22.8 Å². The Kier molecular flexibility index (Phi) is 5.19. The summed E-state index contributed by atoms with van der Waals surface area (Å²) in [6, 6.07) is 12.9. The number of carbonyl (C=O) groups is 1. The van der Waals surface area contributed by atoms with Gasteiger partial charge in [-0.3, -0.25) is 4.79 Å². The fraction of sp³-hybridized carbons (Fsp3) is 0.200. The summed E-state index contributed by atoms with van der Waals surface area (Å²) in [6.45, 7) is 4.54. The molecule has 3 aromatic rings. The van der Waals surface area contributed by atoms with Crippen LogP contribution in [-0.2, 0) is 6.61 Å². The van der Waals surface area contributed by atoms with E-state index in [1.54, 1.807) is 18.2 Å². The first-order valence-corrected chi connectivity index (χ1v) is 8.40. The van der Waals surface area contributed by atoms with Crippen LogP contribution in [0.3, 0.4) is 0 Å². The van der Waals surface area contributed by atoms with Crippen molar-refractivity contribution in [3.63, 3.8) is 0 Å². The Labute approximate surface area is 151 Å². The van der Waals surface area contributed by atoms with Crippen LogP contribution in [0.1, 0.15) is 28.5 Å². The van der Waals surface area contributed by atoms with Gasteiger partial charge in [-0.15, -0.1) is 0 Å². The first kappa shape index (κ1) is 17.2. The molecule has 0 unspecified atom stereocenters. The molecular formula is C20H18ClNO3. The van der Waals surface area contributed by atoms with E-state index in [9.17, 15) is 4.79 Å². The number of rotatable bonds is 6. The van der Waals surface area contributed by atoms with Crippen LogP contribution in [-0.4, -0.2) is 17.9 Å². The van der Waals surface area contributed by atoms with Gasteiger partial charge < -0.3 is 9.47 Å². The first-order chi connectivity index (χ1) is 12.1. The summed E-state index contributed by atoms with van der Waals surface area (Å²) in [5.41, 5.74) is 3.06. The number of nitrogens with zero attached hydrogens (tertiary/aromatic N) is 1. The summed E-state index contributed by atoms with van der Waals surface area (Å²) >= 11 is 6.47. The van der Waals surface area contributed by atoms with Crippen LogP contribution in [0.4, 0.5) is 0 Å². The molecule has 0 atom stereocenters. The zero-order valence-electron chi connectivity index (χ0n) is 14.1. The lowest BCUT2D eigenvalue weighted by Crippen LogP contribution is -2.03. The van der Waals surface area contributed by atoms with Crippen molar-refractivity contribution in [1.29, 1.82) is 0 Å². The van der Waals surface area contributed by atoms with Crippen molar-refractivity contribution in [1.82, 2.24) is 4.98 Å². The number of para-hydroxylation sites is 1. The lowest BCUT2D eigenvalue weighted by Gasteiger charge is -2.14. The number of benzene rings is 2. The Morgan fingerprint density at radius 1 is 1.12 bits per heavy atom. The third-order valence-corrected chi connectivity index (χ3v) is 4.42. The molecule has 1 aromatic heterocycles. The highest BCUT2D eigenvalue weighted by atomic mass is 35.5. The third-order valence-electron chi connectivity index (χ3n) is 3.91. The van der Waals surface area contributed by atoms with Crippen LogP contribution < -0.4 is 9.47 Å². The third kappa shape index (κ3) is 3.59. The molecule has 25 heavy (non-hydrogen) atoms. The Hall–Kier alpha value is -2.59. The van der Waals surface area contributed by atoms with Crippen molar-refractivity contribution in [2.45, 2.75) is 20.5 Å². The number of aryl methyl sites for hydroxylation is 1. The van der Waals surface area contributed by atoms with Crippen LogP contribution in [0.25, 0.3) is 10.9 Å². The van der Waals surface area contributed by atoms with Crippen LogP contribution in [0.2, 0.25) is 5.02 Å². The van der Waals surface area contributed by atoms with E-state index in [1.807, 2.05) is 38.1 Å². The number of hydrogen-bond donors (Lipinski definition) is 0. The number of carbonyl (C=O) groups excluding carboxylic acids is 1. The van der Waals surface area contributed by atoms with Gasteiger partial charge >= 0.3 is 0 Å². The second-order valence-electron chi connectivity index (χ2n) is 5.56. The van der Waals surface area contributed by atoms with Crippen molar-refractivity contribution < 1.29 is 14.3 Å². The highest BCUT2D eigenvalue weighted by molar-refractivity contribution is 6.32. The maximum absolute atomic E-state index is 10.9. The average Bonchev–Trinajstić information content (AvgIpc) is 2.64. The van der Waals surface area contributed by atoms with Gasteiger partial charge in [0.05, 0.1) is 22.8 Å². The lowest BCUT2D eigenvalue weighted by atomic mass is 10.1. The van der Waals surface area contributed by atoms with Crippen LogP contribution in [0.5, 0.6) is 11.5 Å². The Balaban J connectivity index is 1.90. The van der Waals surface area contributed by atoms with Crippen LogP contribution >= 0.6 is 11.6 Å². The van der Waals surface area contributed by atoms with Gasteiger partial charge in [-0.05, 0) is 43.7 Å². The quantitative estimate of drug-likeness (QED) is 0.585. The molecule has 5 heteroatoms. The molecule has 0 aliphatic rings. The molecule has 0 aliphatic carbocycles. The summed E-state index contributed by atoms with van der Waals surface area (Å²) in [7, 11) is 0. The highest BCUT2D eigenvalue weighted by Gasteiger charge is 2.12. The zero-order chi connectivity index (χ0) is 17.8. The molecule has 0 amide bonds. The number of hydrogen-bond acceptors (Lipinski definition) is 4. The summed E-state index contributed by atoms with van der Waals surface area (Å²) in [6.07, 6.45) is 0.775. The molecule has 0 fully saturated rings. The van der Waals surface area contributed by atoms with Crippen molar-refractivity contribution in [3.05, 3.63) is 64.3 Å². The molecule has 2 aromatic carbocycles. The predicted molar refractivity (Wildman–Crippen MR) is 98.8 cm³/mol. The number of aldehydes is 1. The summed E-state index contributed by atoms with van der Waals surface area (Å²) in [5.74, 6) is 1.08. The molecule has 0 N–H and O–H groups in total. The van der Waals surface area contributed by atoms with E-state index < -0.39 is 0 Å². The summed E-state index contributed by atoms with van der Waals surface area (Å²) < 4.78 is 11.4. The van der Waals surface area contributed by atoms with E-state index in [4.69, 9.17) is 21.1 Å². The Morgan fingerprint density at radius 3 is 2.68 bits per heavy atom. The molecule has 1 heterocycles. The summed E-state index contributed by atoms with van der Waals surface area (Å²) in [5, 5.41) is 1.63.